The van der Waals surface area contributed by atoms with E-state index in [-0.39, 0.29) is 33.8 Å². The zero-order valence-corrected chi connectivity index (χ0v) is 20.8. The quantitative estimate of drug-likeness (QED) is 0.351. The number of sulfonamides is 2. The third-order valence-corrected chi connectivity index (χ3v) is 7.64. The fourth-order valence-electron chi connectivity index (χ4n) is 4.12. The molecule has 0 saturated carbocycles. The van der Waals surface area contributed by atoms with Gasteiger partial charge in [0, 0.05) is 23.9 Å². The van der Waals surface area contributed by atoms with Gasteiger partial charge in [-0.15, -0.1) is 4.40 Å². The molecule has 0 fully saturated rings. The van der Waals surface area contributed by atoms with Crippen molar-refractivity contribution >= 4 is 42.8 Å². The van der Waals surface area contributed by atoms with Gasteiger partial charge in [0.2, 0.25) is 10.0 Å². The van der Waals surface area contributed by atoms with Crippen molar-refractivity contribution in [1.82, 2.24) is 4.40 Å². The summed E-state index contributed by atoms with van der Waals surface area (Å²) in [5, 5.41) is 14.0. The second-order valence-corrected chi connectivity index (χ2v) is 11.7. The summed E-state index contributed by atoms with van der Waals surface area (Å²) in [6, 6.07) is 14.5. The summed E-state index contributed by atoms with van der Waals surface area (Å²) in [6.45, 7) is 0. The smallest absolute Gasteiger partial charge is 0.286 e. The molecule has 0 bridgehead atoms. The number of aromatic nitrogens is 1. The van der Waals surface area contributed by atoms with Gasteiger partial charge >= 0.3 is 0 Å². The number of nitrogens with one attached hydrogen (secondary N) is 2. The van der Waals surface area contributed by atoms with E-state index in [0.29, 0.717) is 5.52 Å². The molecular weight excluding hydrogens is 523 g/mol. The summed E-state index contributed by atoms with van der Waals surface area (Å²) >= 11 is 0. The Bertz CT molecular complexity index is 1900. The van der Waals surface area contributed by atoms with Crippen LogP contribution < -0.4 is 15.6 Å². The third-order valence-electron chi connectivity index (χ3n) is 5.71. The molecule has 1 aliphatic heterocycles. The highest BCUT2D eigenvalue weighted by atomic mass is 32.2. The Labute approximate surface area is 210 Å². The predicted octanol–water partition coefficient (Wildman–Crippen LogP) is 2.67. The Balaban J connectivity index is 1.69. The molecular formula is C24H19FN4O6S2. The minimum atomic E-state index is -4.41. The van der Waals surface area contributed by atoms with Crippen LogP contribution in [0.5, 0.6) is 5.75 Å². The molecule has 5 rings (SSSR count). The number of aromatic hydroxyl groups is 1. The zero-order valence-electron chi connectivity index (χ0n) is 19.1. The van der Waals surface area contributed by atoms with Crippen molar-refractivity contribution in [3.63, 3.8) is 0 Å². The Morgan fingerprint density at radius 3 is 2.57 bits per heavy atom. The SMILES string of the molecule is CS(=O)(=O)Nc1ccc2c(c1)S(=O)(=O)N=C(c1c(O)c(Cc3ccccc3F)c3ccccn3c1=O)N2. The summed E-state index contributed by atoms with van der Waals surface area (Å²) in [4.78, 5) is 13.1. The molecule has 2 aromatic heterocycles. The molecule has 0 amide bonds. The molecule has 37 heavy (non-hydrogen) atoms. The average molecular weight is 543 g/mol. The van der Waals surface area contributed by atoms with Gasteiger partial charge in [-0.2, -0.15) is 8.42 Å². The molecule has 0 atom stereocenters. The fourth-order valence-corrected chi connectivity index (χ4v) is 5.83. The average Bonchev–Trinajstić information content (AvgIpc) is 2.82. The van der Waals surface area contributed by atoms with Crippen LogP contribution in [0.3, 0.4) is 0 Å². The van der Waals surface area contributed by atoms with Crippen LogP contribution in [0.2, 0.25) is 0 Å². The Hall–Kier alpha value is -4.23. The summed E-state index contributed by atoms with van der Waals surface area (Å²) in [5.41, 5.74) is -0.361. The minimum absolute atomic E-state index is 0.00562. The van der Waals surface area contributed by atoms with E-state index in [0.717, 1.165) is 12.3 Å². The molecule has 4 aromatic rings. The van der Waals surface area contributed by atoms with Crippen molar-refractivity contribution in [3.8, 4) is 5.75 Å². The number of nitrogens with zero attached hydrogens (tertiary/aromatic N) is 2. The molecule has 13 heteroatoms. The summed E-state index contributed by atoms with van der Waals surface area (Å²) < 4.78 is 70.7. The molecule has 3 heterocycles. The second-order valence-electron chi connectivity index (χ2n) is 8.36. The lowest BCUT2D eigenvalue weighted by Crippen LogP contribution is -2.31. The molecule has 0 unspecified atom stereocenters. The highest BCUT2D eigenvalue weighted by Crippen LogP contribution is 2.34. The van der Waals surface area contributed by atoms with Crippen LogP contribution in [-0.4, -0.2) is 38.4 Å². The van der Waals surface area contributed by atoms with Gasteiger partial charge in [0.1, 0.15) is 22.0 Å². The number of fused-ring (bicyclic) bond motifs is 2. The molecule has 10 nitrogen and oxygen atoms in total. The molecule has 0 radical (unpaired) electrons. The number of benzene rings is 2. The van der Waals surface area contributed by atoms with Gasteiger partial charge in [-0.3, -0.25) is 13.9 Å². The fraction of sp³-hybridized carbons (Fsp3) is 0.0833. The van der Waals surface area contributed by atoms with Gasteiger partial charge in [0.25, 0.3) is 15.6 Å². The number of hydrogen-bond donors (Lipinski definition) is 3. The number of hydrogen-bond acceptors (Lipinski definition) is 7. The van der Waals surface area contributed by atoms with Gasteiger partial charge in [-0.1, -0.05) is 24.3 Å². The maximum atomic E-state index is 14.4. The normalized spacial score (nSPS) is 14.5. The van der Waals surface area contributed by atoms with E-state index in [2.05, 4.69) is 14.4 Å². The first kappa shape index (κ1) is 24.5. The molecule has 0 spiro atoms. The van der Waals surface area contributed by atoms with Gasteiger partial charge in [0.05, 0.1) is 17.5 Å². The number of anilines is 2. The van der Waals surface area contributed by atoms with Crippen LogP contribution in [0.25, 0.3) is 5.52 Å². The highest BCUT2D eigenvalue weighted by molar-refractivity contribution is 7.92. The van der Waals surface area contributed by atoms with Crippen LogP contribution >= 0.6 is 0 Å². The number of amidine groups is 1. The standard InChI is InChI=1S/C24H19FN4O6S2/c1-36(32,33)27-15-9-10-18-20(13-15)37(34,35)28-23(26-18)21-22(30)16(12-14-6-2-3-7-17(14)25)19-8-4-5-11-29(19)24(21)31/h2-11,13,27,30H,12H2,1H3,(H,26,28). The van der Waals surface area contributed by atoms with E-state index in [1.807, 2.05) is 0 Å². The monoisotopic (exact) mass is 542 g/mol. The van der Waals surface area contributed by atoms with Gasteiger partial charge in [-0.05, 0) is 42.0 Å². The molecule has 3 N–H and O–H groups in total. The predicted molar refractivity (Wildman–Crippen MR) is 137 cm³/mol. The van der Waals surface area contributed by atoms with Crippen LogP contribution in [0.4, 0.5) is 15.8 Å². The number of halogens is 1. The first-order valence-corrected chi connectivity index (χ1v) is 14.1. The maximum absolute atomic E-state index is 14.4. The van der Waals surface area contributed by atoms with Crippen LogP contribution in [0, 0.1) is 5.82 Å². The van der Waals surface area contributed by atoms with E-state index in [4.69, 9.17) is 0 Å². The summed E-state index contributed by atoms with van der Waals surface area (Å²) in [7, 11) is -8.08. The van der Waals surface area contributed by atoms with E-state index < -0.39 is 48.6 Å². The Morgan fingerprint density at radius 2 is 1.84 bits per heavy atom. The van der Waals surface area contributed by atoms with Gasteiger partial charge in [-0.25, -0.2) is 12.8 Å². The lowest BCUT2D eigenvalue weighted by molar-refractivity contribution is 0.466. The molecule has 0 aliphatic carbocycles. The first-order chi connectivity index (χ1) is 17.4. The van der Waals surface area contributed by atoms with E-state index in [1.165, 1.54) is 40.9 Å². The van der Waals surface area contributed by atoms with Crippen molar-refractivity contribution < 1.29 is 26.3 Å². The van der Waals surface area contributed by atoms with Crippen LogP contribution in [0.1, 0.15) is 16.7 Å². The van der Waals surface area contributed by atoms with E-state index in [1.54, 1.807) is 24.3 Å². The lowest BCUT2D eigenvalue weighted by Gasteiger charge is -2.21. The molecule has 1 aliphatic rings. The number of pyridine rings is 2. The third kappa shape index (κ3) is 4.54. The maximum Gasteiger partial charge on any atom is 0.286 e. The Morgan fingerprint density at radius 1 is 1.11 bits per heavy atom. The Kier molecular flexibility index (Phi) is 5.76. The highest BCUT2D eigenvalue weighted by Gasteiger charge is 2.31. The lowest BCUT2D eigenvalue weighted by atomic mass is 10.00. The first-order valence-electron chi connectivity index (χ1n) is 10.8. The molecule has 0 saturated heterocycles. The van der Waals surface area contributed by atoms with Gasteiger partial charge < -0.3 is 10.4 Å². The topological polar surface area (TPSA) is 146 Å². The van der Waals surface area contributed by atoms with Crippen LogP contribution in [-0.2, 0) is 26.5 Å². The van der Waals surface area contributed by atoms with Crippen molar-refractivity contribution in [2.45, 2.75) is 11.3 Å². The van der Waals surface area contributed by atoms with Crippen molar-refractivity contribution in [2.24, 2.45) is 4.40 Å². The minimum Gasteiger partial charge on any atom is -0.507 e. The molecule has 2 aromatic carbocycles. The zero-order chi connectivity index (χ0) is 26.5. The van der Waals surface area contributed by atoms with Crippen molar-refractivity contribution in [3.05, 3.63) is 99.7 Å². The largest absolute Gasteiger partial charge is 0.507 e. The van der Waals surface area contributed by atoms with Crippen molar-refractivity contribution in [1.29, 1.82) is 0 Å². The second kappa shape index (κ2) is 8.71. The van der Waals surface area contributed by atoms with E-state index in [9.17, 15) is 31.1 Å². The number of rotatable bonds is 5. The summed E-state index contributed by atoms with van der Waals surface area (Å²) in [5.74, 6) is -1.47. The van der Waals surface area contributed by atoms with Crippen molar-refractivity contribution in [2.75, 3.05) is 16.3 Å². The van der Waals surface area contributed by atoms with E-state index >= 15 is 0 Å². The summed E-state index contributed by atoms with van der Waals surface area (Å²) in [6.07, 6.45) is 2.28. The van der Waals surface area contributed by atoms with Gasteiger partial charge in [0.15, 0.2) is 5.84 Å². The van der Waals surface area contributed by atoms with Crippen LogP contribution in [0.15, 0.2) is 80.9 Å². The molecule has 190 valence electrons.